The van der Waals surface area contributed by atoms with E-state index in [4.69, 9.17) is 5.26 Å². The molecule has 0 saturated carbocycles. The molecule has 0 saturated heterocycles. The van der Waals surface area contributed by atoms with Crippen molar-refractivity contribution in [2.24, 2.45) is 0 Å². The van der Waals surface area contributed by atoms with E-state index >= 15 is 0 Å². The molecule has 24 heavy (non-hydrogen) atoms. The Hall–Kier alpha value is -2.21. The highest BCUT2D eigenvalue weighted by molar-refractivity contribution is 9.10. The first kappa shape index (κ1) is 18.1. The molecular formula is C16H14BrN3O3S. The fraction of sp³-hybridized carbons (Fsp3) is 0.125. The predicted molar refractivity (Wildman–Crippen MR) is 93.7 cm³/mol. The molecule has 8 heteroatoms. The van der Waals surface area contributed by atoms with Crippen LogP contribution in [0.3, 0.4) is 0 Å². The molecule has 2 N–H and O–H groups in total. The third-order valence-electron chi connectivity index (χ3n) is 3.05. The lowest BCUT2D eigenvalue weighted by Crippen LogP contribution is -2.28. The van der Waals surface area contributed by atoms with Gasteiger partial charge in [-0.3, -0.25) is 4.79 Å². The molecular weight excluding hydrogens is 394 g/mol. The fourth-order valence-corrected chi connectivity index (χ4v) is 3.96. The van der Waals surface area contributed by atoms with Crippen LogP contribution in [0.25, 0.3) is 0 Å². The quantitative estimate of drug-likeness (QED) is 0.768. The summed E-state index contributed by atoms with van der Waals surface area (Å²) in [6.45, 7) is -0.0343. The molecule has 0 radical (unpaired) electrons. The average molecular weight is 408 g/mol. The molecule has 0 aliphatic carbocycles. The molecule has 2 rings (SSSR count). The van der Waals surface area contributed by atoms with Gasteiger partial charge in [-0.15, -0.1) is 0 Å². The van der Waals surface area contributed by atoms with Crippen LogP contribution in [-0.2, 0) is 14.8 Å². The molecule has 0 fully saturated rings. The van der Waals surface area contributed by atoms with Gasteiger partial charge in [0.2, 0.25) is 15.9 Å². The van der Waals surface area contributed by atoms with Crippen molar-refractivity contribution in [2.75, 3.05) is 11.9 Å². The van der Waals surface area contributed by atoms with Gasteiger partial charge in [0, 0.05) is 23.1 Å². The van der Waals surface area contributed by atoms with Gasteiger partial charge in [0.1, 0.15) is 0 Å². The Labute approximate surface area is 148 Å². The topological polar surface area (TPSA) is 99.1 Å². The van der Waals surface area contributed by atoms with E-state index in [0.29, 0.717) is 15.7 Å². The fourth-order valence-electron chi connectivity index (χ4n) is 1.93. The highest BCUT2D eigenvalue weighted by Gasteiger charge is 2.16. The first-order valence-corrected chi connectivity index (χ1v) is 9.24. The molecule has 0 spiro atoms. The first-order chi connectivity index (χ1) is 11.4. The second-order valence-electron chi connectivity index (χ2n) is 4.82. The van der Waals surface area contributed by atoms with E-state index in [1.807, 2.05) is 6.07 Å². The van der Waals surface area contributed by atoms with Gasteiger partial charge in [0.15, 0.2) is 0 Å². The van der Waals surface area contributed by atoms with E-state index in [2.05, 4.69) is 26.0 Å². The summed E-state index contributed by atoms with van der Waals surface area (Å²) in [5.41, 5.74) is 0.926. The molecule has 2 aromatic carbocycles. The maximum atomic E-state index is 12.2. The zero-order valence-corrected chi connectivity index (χ0v) is 14.9. The summed E-state index contributed by atoms with van der Waals surface area (Å²) in [6, 6.07) is 14.9. The van der Waals surface area contributed by atoms with Gasteiger partial charge in [-0.1, -0.05) is 18.2 Å². The minimum Gasteiger partial charge on any atom is -0.326 e. The number of hydrogen-bond donors (Lipinski definition) is 2. The average Bonchev–Trinajstić information content (AvgIpc) is 2.55. The second-order valence-corrected chi connectivity index (χ2v) is 7.41. The lowest BCUT2D eigenvalue weighted by atomic mass is 10.2. The SMILES string of the molecule is N#Cc1cccc(NC(=O)CCNS(=O)(=O)c2ccccc2Br)c1. The minimum atomic E-state index is -3.69. The van der Waals surface area contributed by atoms with Crippen LogP contribution in [0.5, 0.6) is 0 Å². The lowest BCUT2D eigenvalue weighted by Gasteiger charge is -2.09. The third-order valence-corrected chi connectivity index (χ3v) is 5.52. The van der Waals surface area contributed by atoms with Gasteiger partial charge < -0.3 is 5.32 Å². The maximum Gasteiger partial charge on any atom is 0.241 e. The molecule has 1 amide bonds. The normalized spacial score (nSPS) is 10.8. The predicted octanol–water partition coefficient (Wildman–Crippen LogP) is 2.63. The van der Waals surface area contributed by atoms with Gasteiger partial charge in [0.25, 0.3) is 0 Å². The van der Waals surface area contributed by atoms with Crippen LogP contribution in [0.1, 0.15) is 12.0 Å². The van der Waals surface area contributed by atoms with Gasteiger partial charge >= 0.3 is 0 Å². The number of benzene rings is 2. The van der Waals surface area contributed by atoms with Crippen molar-refractivity contribution < 1.29 is 13.2 Å². The van der Waals surface area contributed by atoms with Crippen molar-refractivity contribution in [3.05, 3.63) is 58.6 Å². The number of nitrogens with zero attached hydrogens (tertiary/aromatic N) is 1. The highest BCUT2D eigenvalue weighted by atomic mass is 79.9. The summed E-state index contributed by atoms with van der Waals surface area (Å²) in [7, 11) is -3.69. The maximum absolute atomic E-state index is 12.2. The smallest absolute Gasteiger partial charge is 0.241 e. The Morgan fingerprint density at radius 3 is 2.62 bits per heavy atom. The molecule has 0 aliphatic rings. The number of nitriles is 1. The first-order valence-electron chi connectivity index (χ1n) is 6.96. The van der Waals surface area contributed by atoms with Crippen molar-refractivity contribution in [3.63, 3.8) is 0 Å². The van der Waals surface area contributed by atoms with Crippen LogP contribution < -0.4 is 10.0 Å². The number of halogens is 1. The Morgan fingerprint density at radius 2 is 1.92 bits per heavy atom. The van der Waals surface area contributed by atoms with Crippen LogP contribution in [0.15, 0.2) is 57.9 Å². The van der Waals surface area contributed by atoms with Gasteiger partial charge in [-0.25, -0.2) is 13.1 Å². The molecule has 0 bridgehead atoms. The summed E-state index contributed by atoms with van der Waals surface area (Å²) in [5.74, 6) is -0.347. The Morgan fingerprint density at radius 1 is 1.17 bits per heavy atom. The van der Waals surface area contributed by atoms with Gasteiger partial charge in [-0.2, -0.15) is 5.26 Å². The van der Waals surface area contributed by atoms with E-state index in [1.54, 1.807) is 42.5 Å². The van der Waals surface area contributed by atoms with E-state index in [-0.39, 0.29) is 23.8 Å². The van der Waals surface area contributed by atoms with Crippen LogP contribution in [0, 0.1) is 11.3 Å². The third kappa shape index (κ3) is 4.89. The van der Waals surface area contributed by atoms with Crippen molar-refractivity contribution in [3.8, 4) is 6.07 Å². The lowest BCUT2D eigenvalue weighted by molar-refractivity contribution is -0.116. The highest BCUT2D eigenvalue weighted by Crippen LogP contribution is 2.20. The van der Waals surface area contributed by atoms with Crippen molar-refractivity contribution in [2.45, 2.75) is 11.3 Å². The van der Waals surface area contributed by atoms with E-state index < -0.39 is 10.0 Å². The number of sulfonamides is 1. The molecule has 124 valence electrons. The standard InChI is InChI=1S/C16H14BrN3O3S/c17-14-6-1-2-7-15(14)24(22,23)19-9-8-16(21)20-13-5-3-4-12(10-13)11-18/h1-7,10,19H,8-9H2,(H,20,21). The van der Waals surface area contributed by atoms with E-state index in [0.717, 1.165) is 0 Å². The van der Waals surface area contributed by atoms with Crippen molar-refractivity contribution >= 4 is 37.5 Å². The number of nitrogens with one attached hydrogen (secondary N) is 2. The van der Waals surface area contributed by atoms with Crippen molar-refractivity contribution in [1.29, 1.82) is 5.26 Å². The Bertz CT molecular complexity index is 891. The van der Waals surface area contributed by atoms with Crippen LogP contribution in [-0.4, -0.2) is 20.9 Å². The van der Waals surface area contributed by atoms with Crippen LogP contribution in [0.4, 0.5) is 5.69 Å². The molecule has 0 atom stereocenters. The zero-order chi connectivity index (χ0) is 17.6. The second kappa shape index (κ2) is 8.06. The van der Waals surface area contributed by atoms with Crippen molar-refractivity contribution in [1.82, 2.24) is 4.72 Å². The summed E-state index contributed by atoms with van der Waals surface area (Å²) in [4.78, 5) is 12.0. The molecule has 0 heterocycles. The number of rotatable bonds is 6. The van der Waals surface area contributed by atoms with E-state index in [9.17, 15) is 13.2 Å². The number of hydrogen-bond acceptors (Lipinski definition) is 4. The molecule has 0 aliphatic heterocycles. The monoisotopic (exact) mass is 407 g/mol. The number of carbonyl (C=O) groups is 1. The number of anilines is 1. The van der Waals surface area contributed by atoms with Crippen LogP contribution >= 0.6 is 15.9 Å². The summed E-state index contributed by atoms with van der Waals surface area (Å²) in [5, 5.41) is 11.4. The molecule has 6 nitrogen and oxygen atoms in total. The molecule has 0 aromatic heterocycles. The minimum absolute atomic E-state index is 0.0273. The number of carbonyl (C=O) groups excluding carboxylic acids is 1. The summed E-state index contributed by atoms with van der Waals surface area (Å²) < 4.78 is 27.2. The Kier molecular flexibility index (Phi) is 6.09. The van der Waals surface area contributed by atoms with E-state index in [1.165, 1.54) is 6.07 Å². The van der Waals surface area contributed by atoms with Gasteiger partial charge in [0.05, 0.1) is 16.5 Å². The van der Waals surface area contributed by atoms with Gasteiger partial charge in [-0.05, 0) is 46.3 Å². The molecule has 0 unspecified atom stereocenters. The Balaban J connectivity index is 1.91. The van der Waals surface area contributed by atoms with Crippen LogP contribution in [0.2, 0.25) is 0 Å². The largest absolute Gasteiger partial charge is 0.326 e. The molecule has 2 aromatic rings. The zero-order valence-electron chi connectivity index (χ0n) is 12.5. The summed E-state index contributed by atoms with van der Waals surface area (Å²) >= 11 is 3.19. The summed E-state index contributed by atoms with van der Waals surface area (Å²) in [6.07, 6.45) is -0.0273. The number of amides is 1.